The Balaban J connectivity index is 1.91. The van der Waals surface area contributed by atoms with Crippen molar-refractivity contribution < 1.29 is 4.74 Å². The molecule has 0 spiro atoms. The molecule has 1 aliphatic carbocycles. The summed E-state index contributed by atoms with van der Waals surface area (Å²) in [6.45, 7) is 2.83. The van der Waals surface area contributed by atoms with Crippen LogP contribution in [0, 0.1) is 0 Å². The van der Waals surface area contributed by atoms with Gasteiger partial charge in [0.15, 0.2) is 0 Å². The molecule has 1 fully saturated rings. The first-order valence-electron chi connectivity index (χ1n) is 7.03. The predicted molar refractivity (Wildman–Crippen MR) is 72.3 cm³/mol. The van der Waals surface area contributed by atoms with Crippen molar-refractivity contribution in [3.63, 3.8) is 0 Å². The van der Waals surface area contributed by atoms with E-state index in [0.717, 1.165) is 32.3 Å². The van der Waals surface area contributed by atoms with Crippen LogP contribution in [-0.2, 0) is 18.2 Å². The van der Waals surface area contributed by atoms with Gasteiger partial charge in [-0.05, 0) is 38.2 Å². The second kappa shape index (κ2) is 5.85. The molecule has 0 aliphatic heterocycles. The third kappa shape index (κ3) is 2.93. The van der Waals surface area contributed by atoms with Gasteiger partial charge in [0, 0.05) is 25.9 Å². The highest BCUT2D eigenvalue weighted by Crippen LogP contribution is 2.36. The fourth-order valence-electron chi connectivity index (χ4n) is 3.07. The first-order chi connectivity index (χ1) is 8.66. The normalized spacial score (nSPS) is 20.2. The molecule has 1 atom stereocenters. The van der Waals surface area contributed by atoms with Crippen LogP contribution in [0.3, 0.4) is 0 Å². The molecule has 1 saturated carbocycles. The summed E-state index contributed by atoms with van der Waals surface area (Å²) >= 11 is 0. The Kier molecular flexibility index (Phi) is 4.40. The highest BCUT2D eigenvalue weighted by molar-refractivity contribution is 5.05. The number of hydrogen-bond acceptors (Lipinski definition) is 3. The van der Waals surface area contributed by atoms with Gasteiger partial charge in [-0.15, -0.1) is 0 Å². The maximum absolute atomic E-state index is 6.40. The van der Waals surface area contributed by atoms with Gasteiger partial charge in [-0.2, -0.15) is 5.10 Å². The minimum Gasteiger partial charge on any atom is -0.374 e. The average molecular weight is 251 g/mol. The van der Waals surface area contributed by atoms with Crippen LogP contribution in [0.2, 0.25) is 0 Å². The van der Waals surface area contributed by atoms with Gasteiger partial charge in [0.05, 0.1) is 11.8 Å². The zero-order valence-corrected chi connectivity index (χ0v) is 11.6. The number of rotatable bonds is 6. The molecule has 102 valence electrons. The smallest absolute Gasteiger partial charge is 0.0832 e. The van der Waals surface area contributed by atoms with Crippen molar-refractivity contribution in [3.05, 3.63) is 18.0 Å². The van der Waals surface area contributed by atoms with Crippen LogP contribution in [0.5, 0.6) is 0 Å². The Morgan fingerprint density at radius 3 is 2.78 bits per heavy atom. The van der Waals surface area contributed by atoms with E-state index in [1.165, 1.54) is 18.4 Å². The molecule has 1 aromatic heterocycles. The number of aryl methyl sites for hydroxylation is 2. The second-order valence-corrected chi connectivity index (χ2v) is 5.37. The van der Waals surface area contributed by atoms with Gasteiger partial charge in [-0.25, -0.2) is 0 Å². The Labute approximate surface area is 110 Å². The molecule has 1 unspecified atom stereocenters. The van der Waals surface area contributed by atoms with Crippen LogP contribution in [0.25, 0.3) is 0 Å². The molecule has 0 radical (unpaired) electrons. The molecule has 0 amide bonds. The second-order valence-electron chi connectivity index (χ2n) is 5.37. The van der Waals surface area contributed by atoms with E-state index in [-0.39, 0.29) is 11.6 Å². The lowest BCUT2D eigenvalue weighted by atomic mass is 9.88. The first kappa shape index (κ1) is 13.6. The maximum Gasteiger partial charge on any atom is 0.0832 e. The minimum absolute atomic E-state index is 0.0586. The van der Waals surface area contributed by atoms with Gasteiger partial charge in [-0.3, -0.25) is 4.68 Å². The van der Waals surface area contributed by atoms with Crippen LogP contribution in [0.15, 0.2) is 12.4 Å². The third-order valence-corrected chi connectivity index (χ3v) is 4.06. The summed E-state index contributed by atoms with van der Waals surface area (Å²) in [5.74, 6) is 0. The van der Waals surface area contributed by atoms with Crippen molar-refractivity contribution >= 4 is 0 Å². The van der Waals surface area contributed by atoms with E-state index in [9.17, 15) is 0 Å². The number of nitrogens with zero attached hydrogens (tertiary/aromatic N) is 2. The Morgan fingerprint density at radius 1 is 1.50 bits per heavy atom. The summed E-state index contributed by atoms with van der Waals surface area (Å²) < 4.78 is 7.84. The van der Waals surface area contributed by atoms with Gasteiger partial charge in [0.2, 0.25) is 0 Å². The number of nitrogens with two attached hydrogens (primary N) is 1. The largest absolute Gasteiger partial charge is 0.374 e. The minimum atomic E-state index is -0.0586. The summed E-state index contributed by atoms with van der Waals surface area (Å²) in [5, 5.41) is 4.19. The highest BCUT2D eigenvalue weighted by atomic mass is 16.5. The summed E-state index contributed by atoms with van der Waals surface area (Å²) in [4.78, 5) is 0. The molecular formula is C14H25N3O. The van der Waals surface area contributed by atoms with Crippen molar-refractivity contribution in [2.24, 2.45) is 12.8 Å². The van der Waals surface area contributed by atoms with Gasteiger partial charge >= 0.3 is 0 Å². The van der Waals surface area contributed by atoms with Crippen molar-refractivity contribution in [1.29, 1.82) is 0 Å². The Bertz CT molecular complexity index is 369. The fourth-order valence-corrected chi connectivity index (χ4v) is 3.07. The maximum atomic E-state index is 6.40. The monoisotopic (exact) mass is 251 g/mol. The van der Waals surface area contributed by atoms with Crippen molar-refractivity contribution in [2.75, 3.05) is 6.61 Å². The lowest BCUT2D eigenvalue weighted by Crippen LogP contribution is -2.48. The van der Waals surface area contributed by atoms with Crippen LogP contribution in [0.1, 0.15) is 44.6 Å². The molecule has 2 N–H and O–H groups in total. The molecule has 0 aromatic carbocycles. The molecular weight excluding hydrogens is 226 g/mol. The van der Waals surface area contributed by atoms with E-state index in [0.29, 0.717) is 0 Å². The van der Waals surface area contributed by atoms with Crippen LogP contribution >= 0.6 is 0 Å². The van der Waals surface area contributed by atoms with E-state index in [1.54, 1.807) is 0 Å². The van der Waals surface area contributed by atoms with Crippen molar-refractivity contribution in [1.82, 2.24) is 9.78 Å². The molecule has 0 bridgehead atoms. The van der Waals surface area contributed by atoms with E-state index in [4.69, 9.17) is 10.5 Å². The molecule has 2 rings (SSSR count). The molecule has 0 saturated heterocycles. The predicted octanol–water partition coefficient (Wildman–Crippen LogP) is 2.03. The van der Waals surface area contributed by atoms with E-state index >= 15 is 0 Å². The summed E-state index contributed by atoms with van der Waals surface area (Å²) in [5.41, 5.74) is 7.61. The Morgan fingerprint density at radius 2 is 2.22 bits per heavy atom. The summed E-state index contributed by atoms with van der Waals surface area (Å²) in [7, 11) is 1.95. The van der Waals surface area contributed by atoms with Crippen LogP contribution in [-0.4, -0.2) is 28.0 Å². The standard InChI is InChI=1S/C14H25N3O/c1-3-18-14(8-4-5-9-14)13(15)7-6-12-10-16-17(2)11-12/h10-11,13H,3-9,15H2,1-2H3. The molecule has 4 nitrogen and oxygen atoms in total. The first-order valence-corrected chi connectivity index (χ1v) is 7.03. The van der Waals surface area contributed by atoms with E-state index in [2.05, 4.69) is 18.2 Å². The molecule has 1 aromatic rings. The van der Waals surface area contributed by atoms with Crippen LogP contribution in [0.4, 0.5) is 0 Å². The summed E-state index contributed by atoms with van der Waals surface area (Å²) in [6.07, 6.45) is 10.7. The van der Waals surface area contributed by atoms with E-state index in [1.807, 2.05) is 17.9 Å². The van der Waals surface area contributed by atoms with Crippen molar-refractivity contribution in [2.45, 2.75) is 57.1 Å². The summed E-state index contributed by atoms with van der Waals surface area (Å²) in [6, 6.07) is 0.139. The molecule has 4 heteroatoms. The quantitative estimate of drug-likeness (QED) is 0.841. The van der Waals surface area contributed by atoms with Crippen LogP contribution < -0.4 is 5.73 Å². The number of hydrogen-bond donors (Lipinski definition) is 1. The van der Waals surface area contributed by atoms with E-state index < -0.39 is 0 Å². The van der Waals surface area contributed by atoms with Gasteiger partial charge in [0.25, 0.3) is 0 Å². The molecule has 18 heavy (non-hydrogen) atoms. The molecule has 1 aliphatic rings. The lowest BCUT2D eigenvalue weighted by molar-refractivity contribution is -0.0541. The molecule has 1 heterocycles. The average Bonchev–Trinajstić information content (AvgIpc) is 2.97. The van der Waals surface area contributed by atoms with Gasteiger partial charge < -0.3 is 10.5 Å². The number of aromatic nitrogens is 2. The SMILES string of the molecule is CCOC1(C(N)CCc2cnn(C)c2)CCCC1. The number of ether oxygens (including phenoxy) is 1. The third-order valence-electron chi connectivity index (χ3n) is 4.06. The zero-order chi connectivity index (χ0) is 13.0. The van der Waals surface area contributed by atoms with Gasteiger partial charge in [-0.1, -0.05) is 12.8 Å². The topological polar surface area (TPSA) is 53.1 Å². The van der Waals surface area contributed by atoms with Crippen molar-refractivity contribution in [3.8, 4) is 0 Å². The Hall–Kier alpha value is -0.870. The zero-order valence-electron chi connectivity index (χ0n) is 11.6. The van der Waals surface area contributed by atoms with Gasteiger partial charge in [0.1, 0.15) is 0 Å². The fraction of sp³-hybridized carbons (Fsp3) is 0.786. The highest BCUT2D eigenvalue weighted by Gasteiger charge is 2.39. The lowest BCUT2D eigenvalue weighted by Gasteiger charge is -2.35.